The number of epoxide rings is 1. The highest BCUT2D eigenvalue weighted by molar-refractivity contribution is 7.47. The fraction of sp³-hybridized carbons (Fsp3) is 0.787. The Balaban J connectivity index is 1.73. The fourth-order valence-corrected chi connectivity index (χ4v) is 8.16. The molecule has 14 nitrogen and oxygen atoms in total. The summed E-state index contributed by atoms with van der Waals surface area (Å²) >= 11 is 0. The molecule has 8 atom stereocenters. The first-order valence-corrected chi connectivity index (χ1v) is 25.1. The standard InChI is InChI=1S/C47H81O14P/c1-3-5-7-9-11-12-13-14-15-16-17-18-21-25-29-33-40(48)57-35-37(36-58-62(55,56)61-47-45(53)43(51)42(50)44(52)46(47)54)59-41(49)34-30-26-22-19-20-24-28-32-39-38(60-39)31-27-23-10-8-6-4-2/h6,8,19,22-24,27-28,37-39,42-47,50-54H,3-5,7,9-18,20-21,25-26,29-36H2,1-2H3,(H,55,56). The summed E-state index contributed by atoms with van der Waals surface area (Å²) in [4.78, 5) is 35.7. The summed E-state index contributed by atoms with van der Waals surface area (Å²) in [5.74, 6) is -1.17. The quantitative estimate of drug-likeness (QED) is 0.0114. The van der Waals surface area contributed by atoms with Crippen LogP contribution in [0.15, 0.2) is 48.6 Å². The van der Waals surface area contributed by atoms with Gasteiger partial charge in [-0.05, 0) is 51.4 Å². The number of carbonyl (C=O) groups is 2. The van der Waals surface area contributed by atoms with Crippen LogP contribution in [-0.4, -0.2) is 111 Å². The lowest BCUT2D eigenvalue weighted by Gasteiger charge is -2.41. The van der Waals surface area contributed by atoms with E-state index in [9.17, 15) is 44.6 Å². The minimum Gasteiger partial charge on any atom is -0.462 e. The number of hydrogen-bond acceptors (Lipinski definition) is 13. The predicted octanol–water partition coefficient (Wildman–Crippen LogP) is 8.16. The number of phosphoric ester groups is 1. The first-order chi connectivity index (χ1) is 29.9. The van der Waals surface area contributed by atoms with Gasteiger partial charge in [-0.25, -0.2) is 4.57 Å². The van der Waals surface area contributed by atoms with Crippen LogP contribution in [0.2, 0.25) is 0 Å². The number of ether oxygens (including phenoxy) is 3. The molecule has 2 fully saturated rings. The average molecular weight is 901 g/mol. The lowest BCUT2D eigenvalue weighted by molar-refractivity contribution is -0.220. The minimum absolute atomic E-state index is 0.0132. The zero-order valence-electron chi connectivity index (χ0n) is 37.6. The summed E-state index contributed by atoms with van der Waals surface area (Å²) in [6, 6.07) is 0. The number of hydrogen-bond donors (Lipinski definition) is 6. The van der Waals surface area contributed by atoms with Crippen molar-refractivity contribution in [3.63, 3.8) is 0 Å². The molecule has 1 heterocycles. The summed E-state index contributed by atoms with van der Waals surface area (Å²) < 4.78 is 39.2. The number of esters is 2. The highest BCUT2D eigenvalue weighted by atomic mass is 31.2. The third kappa shape index (κ3) is 25.9. The van der Waals surface area contributed by atoms with Crippen molar-refractivity contribution in [1.29, 1.82) is 0 Å². The van der Waals surface area contributed by atoms with Crippen LogP contribution in [0.3, 0.4) is 0 Å². The van der Waals surface area contributed by atoms with E-state index in [1.54, 1.807) is 0 Å². The van der Waals surface area contributed by atoms with Gasteiger partial charge in [0.2, 0.25) is 0 Å². The summed E-state index contributed by atoms with van der Waals surface area (Å²) in [6.07, 6.45) is 27.7. The van der Waals surface area contributed by atoms with Crippen LogP contribution >= 0.6 is 7.82 Å². The van der Waals surface area contributed by atoms with E-state index in [4.69, 9.17) is 23.3 Å². The zero-order chi connectivity index (χ0) is 45.4. The van der Waals surface area contributed by atoms with Crippen LogP contribution in [0.1, 0.15) is 168 Å². The molecule has 6 N–H and O–H groups in total. The zero-order valence-corrected chi connectivity index (χ0v) is 38.5. The van der Waals surface area contributed by atoms with Gasteiger partial charge in [-0.3, -0.25) is 18.6 Å². The lowest BCUT2D eigenvalue weighted by Crippen LogP contribution is -2.64. The van der Waals surface area contributed by atoms with Gasteiger partial charge in [0.05, 0.1) is 18.8 Å². The number of carbonyl (C=O) groups excluding carboxylic acids is 2. The molecule has 15 heteroatoms. The van der Waals surface area contributed by atoms with E-state index in [0.29, 0.717) is 19.3 Å². The molecular weight excluding hydrogens is 819 g/mol. The van der Waals surface area contributed by atoms with Crippen LogP contribution in [0.4, 0.5) is 0 Å². The Bertz CT molecular complexity index is 1340. The van der Waals surface area contributed by atoms with Crippen molar-refractivity contribution in [3.8, 4) is 0 Å². The van der Waals surface area contributed by atoms with E-state index in [2.05, 4.69) is 50.3 Å². The van der Waals surface area contributed by atoms with Crippen molar-refractivity contribution in [1.82, 2.24) is 0 Å². The molecular formula is C47H81O14P. The molecule has 1 saturated heterocycles. The maximum absolute atomic E-state index is 12.8. The molecule has 62 heavy (non-hydrogen) atoms. The number of phosphoric acid groups is 1. The largest absolute Gasteiger partial charge is 0.472 e. The monoisotopic (exact) mass is 901 g/mol. The molecule has 0 aromatic heterocycles. The Kier molecular flexibility index (Phi) is 30.8. The van der Waals surface area contributed by atoms with E-state index in [0.717, 1.165) is 51.4 Å². The number of aliphatic hydroxyl groups excluding tert-OH is 5. The Morgan fingerprint density at radius 2 is 1.05 bits per heavy atom. The maximum atomic E-state index is 12.8. The first kappa shape index (κ1) is 55.9. The molecule has 1 saturated carbocycles. The van der Waals surface area contributed by atoms with E-state index < -0.39 is 75.7 Å². The Morgan fingerprint density at radius 1 is 0.581 bits per heavy atom. The lowest BCUT2D eigenvalue weighted by atomic mass is 9.85. The van der Waals surface area contributed by atoms with Gasteiger partial charge in [0.1, 0.15) is 43.2 Å². The molecule has 0 amide bonds. The topological polar surface area (TPSA) is 222 Å². The molecule has 1 aliphatic heterocycles. The van der Waals surface area contributed by atoms with Crippen molar-refractivity contribution in [2.45, 2.75) is 223 Å². The SMILES string of the molecule is CCC=CCC=CCC1OC1CC=CCC=CCCCC(=O)OC(COC(=O)CCCCCCCCCCCCCCCCC)COP(=O)(O)OC1C(O)C(O)C(O)C(O)C1O. The third-order valence-electron chi connectivity index (χ3n) is 11.1. The van der Waals surface area contributed by atoms with E-state index in [-0.39, 0.29) is 25.0 Å². The smallest absolute Gasteiger partial charge is 0.462 e. The van der Waals surface area contributed by atoms with E-state index in [1.165, 1.54) is 70.6 Å². The number of allylic oxidation sites excluding steroid dienone is 6. The Morgan fingerprint density at radius 3 is 1.58 bits per heavy atom. The van der Waals surface area contributed by atoms with Crippen molar-refractivity contribution in [2.75, 3.05) is 13.2 Å². The van der Waals surface area contributed by atoms with E-state index >= 15 is 0 Å². The molecule has 2 rings (SSSR count). The highest BCUT2D eigenvalue weighted by Gasteiger charge is 2.51. The van der Waals surface area contributed by atoms with Gasteiger partial charge in [0.25, 0.3) is 0 Å². The van der Waals surface area contributed by atoms with Crippen molar-refractivity contribution in [2.24, 2.45) is 0 Å². The number of rotatable bonds is 37. The molecule has 0 aromatic carbocycles. The Labute approximate surface area is 371 Å². The van der Waals surface area contributed by atoms with Crippen LogP contribution in [0.25, 0.3) is 0 Å². The summed E-state index contributed by atoms with van der Waals surface area (Å²) in [6.45, 7) is 3.13. The summed E-state index contributed by atoms with van der Waals surface area (Å²) in [5, 5.41) is 50.2. The number of unbranched alkanes of at least 4 members (excludes halogenated alkanes) is 15. The second-order valence-corrected chi connectivity index (χ2v) is 18.0. The molecule has 358 valence electrons. The van der Waals surface area contributed by atoms with Crippen LogP contribution in [-0.2, 0) is 37.4 Å². The second kappa shape index (κ2) is 34.2. The van der Waals surface area contributed by atoms with Crippen molar-refractivity contribution < 1.29 is 67.8 Å². The van der Waals surface area contributed by atoms with Gasteiger partial charge in [-0.15, -0.1) is 0 Å². The summed E-state index contributed by atoms with van der Waals surface area (Å²) in [7, 11) is -5.14. The normalized spacial score (nSPS) is 25.5. The van der Waals surface area contributed by atoms with Gasteiger partial charge in [-0.1, -0.05) is 152 Å². The molecule has 0 bridgehead atoms. The molecule has 1 aliphatic carbocycles. The second-order valence-electron chi connectivity index (χ2n) is 16.6. The van der Waals surface area contributed by atoms with Crippen molar-refractivity contribution >= 4 is 19.8 Å². The molecule has 0 spiro atoms. The van der Waals surface area contributed by atoms with Gasteiger partial charge in [0, 0.05) is 12.8 Å². The van der Waals surface area contributed by atoms with E-state index in [1.807, 2.05) is 12.2 Å². The predicted molar refractivity (Wildman–Crippen MR) is 239 cm³/mol. The molecule has 2 aliphatic rings. The Hall–Kier alpha value is -2.23. The van der Waals surface area contributed by atoms with Gasteiger partial charge in [0.15, 0.2) is 6.10 Å². The van der Waals surface area contributed by atoms with Gasteiger partial charge in [-0.2, -0.15) is 0 Å². The van der Waals surface area contributed by atoms with Crippen molar-refractivity contribution in [3.05, 3.63) is 48.6 Å². The first-order valence-electron chi connectivity index (χ1n) is 23.6. The third-order valence-corrected chi connectivity index (χ3v) is 12.1. The minimum atomic E-state index is -5.14. The average Bonchev–Trinajstić information content (AvgIpc) is 4.01. The molecule has 8 unspecified atom stereocenters. The van der Waals surface area contributed by atoms with Crippen LogP contribution < -0.4 is 0 Å². The van der Waals surface area contributed by atoms with Gasteiger partial charge < -0.3 is 44.6 Å². The van der Waals surface area contributed by atoms with Gasteiger partial charge >= 0.3 is 19.8 Å². The molecule has 0 aromatic rings. The van der Waals surface area contributed by atoms with Crippen LogP contribution in [0, 0.1) is 0 Å². The molecule has 0 radical (unpaired) electrons. The number of aliphatic hydroxyl groups is 5. The fourth-order valence-electron chi connectivity index (χ4n) is 7.19. The maximum Gasteiger partial charge on any atom is 0.472 e. The highest BCUT2D eigenvalue weighted by Crippen LogP contribution is 2.47. The summed E-state index contributed by atoms with van der Waals surface area (Å²) in [5.41, 5.74) is 0. The van der Waals surface area contributed by atoms with Crippen LogP contribution in [0.5, 0.6) is 0 Å².